The van der Waals surface area contributed by atoms with Crippen LogP contribution in [0.4, 0.5) is 32.0 Å². The lowest BCUT2D eigenvalue weighted by Gasteiger charge is -2.36. The van der Waals surface area contributed by atoms with Crippen molar-refractivity contribution in [2.24, 2.45) is 4.99 Å². The van der Waals surface area contributed by atoms with Gasteiger partial charge in [-0.1, -0.05) is 28.4 Å². The Kier molecular flexibility index (Phi) is 6.20. The molecule has 0 aliphatic carbocycles. The molecular formula is C14H8Cl2F6N6O3S. The Morgan fingerprint density at radius 1 is 1.25 bits per heavy atom. The van der Waals surface area contributed by atoms with Crippen LogP contribution in [-0.2, 0) is 17.0 Å². The van der Waals surface area contributed by atoms with Crippen LogP contribution in [0.1, 0.15) is 11.4 Å². The second-order valence-electron chi connectivity index (χ2n) is 5.85. The van der Waals surface area contributed by atoms with Crippen molar-refractivity contribution in [1.29, 1.82) is 0 Å². The number of rotatable bonds is 5. The van der Waals surface area contributed by atoms with Crippen LogP contribution in [-0.4, -0.2) is 37.6 Å². The van der Waals surface area contributed by atoms with Crippen LogP contribution >= 0.6 is 23.2 Å². The lowest BCUT2D eigenvalue weighted by Crippen LogP contribution is -2.59. The number of benzene rings is 1. The maximum Gasteiger partial charge on any atom is 0.475 e. The van der Waals surface area contributed by atoms with Crippen molar-refractivity contribution in [3.63, 3.8) is 0 Å². The summed E-state index contributed by atoms with van der Waals surface area (Å²) in [6, 6.07) is 0.866. The third-order valence-electron chi connectivity index (χ3n) is 4.02. The fourth-order valence-corrected chi connectivity index (χ4v) is 4.40. The molecule has 0 bridgehead atoms. The van der Waals surface area contributed by atoms with Crippen LogP contribution < -0.4 is 15.9 Å². The number of hydrogen-bond acceptors (Lipinski definition) is 9. The Morgan fingerprint density at radius 2 is 1.84 bits per heavy atom. The molecule has 3 N–H and O–H groups in total. The van der Waals surface area contributed by atoms with Crippen LogP contribution in [0.3, 0.4) is 0 Å². The van der Waals surface area contributed by atoms with Gasteiger partial charge in [0.05, 0.1) is 21.3 Å². The van der Waals surface area contributed by atoms with Gasteiger partial charge in [0.2, 0.25) is 12.2 Å². The molecule has 1 aromatic heterocycles. The lowest BCUT2D eigenvalue weighted by atomic mass is 10.1. The van der Waals surface area contributed by atoms with Crippen LogP contribution in [0.25, 0.3) is 5.70 Å². The van der Waals surface area contributed by atoms with Crippen LogP contribution in [0.2, 0.25) is 10.0 Å². The van der Waals surface area contributed by atoms with Crippen LogP contribution in [0.15, 0.2) is 32.9 Å². The highest BCUT2D eigenvalue weighted by molar-refractivity contribution is 7.90. The summed E-state index contributed by atoms with van der Waals surface area (Å²) >= 11 is 11.9. The summed E-state index contributed by atoms with van der Waals surface area (Å²) in [6.45, 7) is 3.09. The normalized spacial score (nSPS) is 20.5. The van der Waals surface area contributed by atoms with E-state index < -0.39 is 66.0 Å². The van der Waals surface area contributed by atoms with Gasteiger partial charge in [-0.05, 0) is 18.9 Å². The van der Waals surface area contributed by atoms with E-state index in [9.17, 15) is 35.8 Å². The van der Waals surface area contributed by atoms with E-state index in [1.165, 1.54) is 5.48 Å². The quantitative estimate of drug-likeness (QED) is 0.308. The monoisotopic (exact) mass is 524 g/mol. The molecule has 3 rings (SSSR count). The molecule has 0 saturated carbocycles. The molecule has 1 aliphatic rings. The molecule has 2 heterocycles. The van der Waals surface area contributed by atoms with Crippen molar-refractivity contribution >= 4 is 52.1 Å². The molecule has 174 valence electrons. The molecule has 0 amide bonds. The van der Waals surface area contributed by atoms with Gasteiger partial charge in [0.15, 0.2) is 10.8 Å². The van der Waals surface area contributed by atoms with Gasteiger partial charge in [0.1, 0.15) is 10.6 Å². The maximum absolute atomic E-state index is 13.4. The predicted octanol–water partition coefficient (Wildman–Crippen LogP) is 3.69. The molecule has 9 nitrogen and oxygen atoms in total. The Bertz CT molecular complexity index is 1090. The first-order chi connectivity index (χ1) is 14.8. The predicted molar refractivity (Wildman–Crippen MR) is 99.7 cm³/mol. The van der Waals surface area contributed by atoms with E-state index in [2.05, 4.69) is 31.8 Å². The van der Waals surface area contributed by atoms with Crippen molar-refractivity contribution < 1.29 is 40.3 Å². The van der Waals surface area contributed by atoms with Crippen LogP contribution in [0.5, 0.6) is 0 Å². The molecule has 0 saturated heterocycles. The van der Waals surface area contributed by atoms with Gasteiger partial charge in [0.25, 0.3) is 5.79 Å². The summed E-state index contributed by atoms with van der Waals surface area (Å²) in [5.74, 6) is -3.40. The number of alkyl halides is 6. The van der Waals surface area contributed by atoms with Gasteiger partial charge in [0, 0.05) is 0 Å². The molecular weight excluding hydrogens is 517 g/mol. The Morgan fingerprint density at radius 3 is 2.25 bits per heavy atom. The van der Waals surface area contributed by atoms with E-state index >= 15 is 0 Å². The van der Waals surface area contributed by atoms with Gasteiger partial charge < -0.3 is 9.73 Å². The highest BCUT2D eigenvalue weighted by Gasteiger charge is 2.58. The minimum atomic E-state index is -5.39. The molecule has 2 unspecified atom stereocenters. The van der Waals surface area contributed by atoms with Crippen LogP contribution in [0, 0.1) is 0 Å². The summed E-state index contributed by atoms with van der Waals surface area (Å²) < 4.78 is 96.3. The first-order valence-electron chi connectivity index (χ1n) is 7.80. The molecule has 2 aromatic rings. The third kappa shape index (κ3) is 3.92. The first kappa shape index (κ1) is 24.2. The Labute approximate surface area is 186 Å². The zero-order valence-corrected chi connectivity index (χ0v) is 17.3. The SMILES string of the molecule is C=NC1(NO)C(S(=O)C(F)(F)F)=C(c2ncon2)NN1c1c(Cl)cc(C(F)(F)F)cc1Cl. The van der Waals surface area contributed by atoms with Crippen molar-refractivity contribution in [1.82, 2.24) is 21.0 Å². The van der Waals surface area contributed by atoms with Gasteiger partial charge in [-0.25, -0.2) is 14.2 Å². The molecule has 2 atom stereocenters. The topological polar surface area (TPSA) is 116 Å². The standard InChI is InChI=1S/C14H8Cl2F6N6O3S/c1-23-13(27-29)10(32(30)14(20,21)22)8(11-24-4-31-26-11)25-28(13)9-6(15)2-5(3-7(9)16)12(17,18)19/h2-4,25,27,29H,1H2. The number of nitrogens with zero attached hydrogens (tertiary/aromatic N) is 4. The van der Waals surface area contributed by atoms with E-state index in [0.717, 1.165) is 6.39 Å². The Balaban J connectivity index is 2.29. The molecule has 18 heteroatoms. The van der Waals surface area contributed by atoms with Gasteiger partial charge in [-0.2, -0.15) is 36.8 Å². The largest absolute Gasteiger partial charge is 0.475 e. The number of aromatic nitrogens is 2. The summed E-state index contributed by atoms with van der Waals surface area (Å²) in [5.41, 5.74) is -4.26. The van der Waals surface area contributed by atoms with E-state index in [1.54, 1.807) is 0 Å². The van der Waals surface area contributed by atoms with E-state index in [-0.39, 0.29) is 0 Å². The molecule has 1 aromatic carbocycles. The van der Waals surface area contributed by atoms with Crippen molar-refractivity contribution in [2.45, 2.75) is 17.5 Å². The summed E-state index contributed by atoms with van der Waals surface area (Å²) in [7, 11) is -3.89. The second-order valence-corrected chi connectivity index (χ2v) is 8.07. The number of hydrogen-bond donors (Lipinski definition) is 3. The lowest BCUT2D eigenvalue weighted by molar-refractivity contribution is -0.137. The van der Waals surface area contributed by atoms with Crippen molar-refractivity contribution in [2.75, 3.05) is 5.01 Å². The molecule has 0 spiro atoms. The van der Waals surface area contributed by atoms with Crippen molar-refractivity contribution in [3.8, 4) is 0 Å². The number of aliphatic imine (C=N–C) groups is 1. The van der Waals surface area contributed by atoms with E-state index in [0.29, 0.717) is 17.1 Å². The average Bonchev–Trinajstić information content (AvgIpc) is 3.31. The van der Waals surface area contributed by atoms with Gasteiger partial charge in [-0.15, -0.1) is 0 Å². The zero-order chi connectivity index (χ0) is 24.1. The maximum atomic E-state index is 13.4. The number of hydrazine groups is 1. The highest BCUT2D eigenvalue weighted by Crippen LogP contribution is 2.48. The van der Waals surface area contributed by atoms with Gasteiger partial charge in [-0.3, -0.25) is 5.43 Å². The average molecular weight is 525 g/mol. The number of nitrogens with one attached hydrogen (secondary N) is 2. The Hall–Kier alpha value is -2.40. The molecule has 0 radical (unpaired) electrons. The molecule has 32 heavy (non-hydrogen) atoms. The fraction of sp³-hybridized carbons (Fsp3) is 0.214. The summed E-state index contributed by atoms with van der Waals surface area (Å²) in [6.07, 6.45) is -4.13. The minimum absolute atomic E-state index is 0.433. The molecule has 1 aliphatic heterocycles. The smallest absolute Gasteiger partial charge is 0.342 e. The molecule has 0 fully saturated rings. The highest BCUT2D eigenvalue weighted by atomic mass is 35.5. The second kappa shape index (κ2) is 8.18. The third-order valence-corrected chi connectivity index (χ3v) is 5.88. The number of hydroxylamine groups is 1. The summed E-state index contributed by atoms with van der Waals surface area (Å²) in [4.78, 5) is 5.74. The number of halogens is 8. The summed E-state index contributed by atoms with van der Waals surface area (Å²) in [5, 5.41) is 12.2. The van der Waals surface area contributed by atoms with E-state index in [4.69, 9.17) is 23.2 Å². The van der Waals surface area contributed by atoms with E-state index in [1.807, 2.05) is 0 Å². The minimum Gasteiger partial charge on any atom is -0.342 e. The zero-order valence-electron chi connectivity index (χ0n) is 14.9. The number of anilines is 1. The van der Waals surface area contributed by atoms with Crippen molar-refractivity contribution in [3.05, 3.63) is 44.9 Å². The van der Waals surface area contributed by atoms with Gasteiger partial charge >= 0.3 is 11.7 Å². The first-order valence-corrected chi connectivity index (χ1v) is 9.71. The fourth-order valence-electron chi connectivity index (χ4n) is 2.73.